The highest BCUT2D eigenvalue weighted by Crippen LogP contribution is 2.18. The fourth-order valence-corrected chi connectivity index (χ4v) is 1.67. The molecule has 1 rings (SSSR count). The van der Waals surface area contributed by atoms with Gasteiger partial charge in [0.1, 0.15) is 0 Å². The van der Waals surface area contributed by atoms with Gasteiger partial charge in [-0.25, -0.2) is 0 Å². The van der Waals surface area contributed by atoms with Crippen LogP contribution in [0.25, 0.3) is 0 Å². The molecule has 0 fully saturated rings. The summed E-state index contributed by atoms with van der Waals surface area (Å²) in [5, 5.41) is 17.7. The zero-order chi connectivity index (χ0) is 11.4. The zero-order valence-electron chi connectivity index (χ0n) is 8.87. The van der Waals surface area contributed by atoms with Gasteiger partial charge >= 0.3 is 5.97 Å². The van der Waals surface area contributed by atoms with Crippen LogP contribution in [0.15, 0.2) is 12.1 Å². The van der Waals surface area contributed by atoms with Gasteiger partial charge in [-0.1, -0.05) is 24.6 Å². The molecule has 0 aliphatic carbocycles. The Morgan fingerprint density at radius 2 is 2.07 bits per heavy atom. The highest BCUT2D eigenvalue weighted by molar-refractivity contribution is 5.72. The minimum atomic E-state index is -0.904. The van der Waals surface area contributed by atoms with Crippen molar-refractivity contribution in [1.29, 1.82) is 5.26 Å². The molecule has 0 heterocycles. The van der Waals surface area contributed by atoms with Crippen molar-refractivity contribution in [3.05, 3.63) is 34.4 Å². The number of aliphatic carboxylic acids is 1. The van der Waals surface area contributed by atoms with E-state index in [0.29, 0.717) is 11.1 Å². The quantitative estimate of drug-likeness (QED) is 0.817. The molecule has 0 aromatic heterocycles. The normalized spacial score (nSPS) is 9.67. The summed E-state index contributed by atoms with van der Waals surface area (Å²) in [4.78, 5) is 10.6. The second-order valence-corrected chi connectivity index (χ2v) is 3.49. The summed E-state index contributed by atoms with van der Waals surface area (Å²) >= 11 is 0. The number of nitrogens with zero attached hydrogens (tertiary/aromatic N) is 1. The third kappa shape index (κ3) is 2.57. The highest BCUT2D eigenvalue weighted by atomic mass is 16.4. The molecule has 0 radical (unpaired) electrons. The maximum absolute atomic E-state index is 10.6. The van der Waals surface area contributed by atoms with E-state index < -0.39 is 5.97 Å². The van der Waals surface area contributed by atoms with Gasteiger partial charge in [-0.05, 0) is 24.5 Å². The molecule has 0 saturated heterocycles. The summed E-state index contributed by atoms with van der Waals surface area (Å²) in [6.45, 7) is 3.87. The second kappa shape index (κ2) is 4.61. The van der Waals surface area contributed by atoms with Crippen LogP contribution in [0, 0.1) is 18.3 Å². The van der Waals surface area contributed by atoms with Crippen molar-refractivity contribution >= 4 is 5.97 Å². The van der Waals surface area contributed by atoms with Crippen LogP contribution in [-0.4, -0.2) is 11.1 Å². The van der Waals surface area contributed by atoms with Crippen molar-refractivity contribution in [1.82, 2.24) is 0 Å². The summed E-state index contributed by atoms with van der Waals surface area (Å²) in [6, 6.07) is 5.79. The van der Waals surface area contributed by atoms with Gasteiger partial charge in [0.2, 0.25) is 0 Å². The molecular weight excluding hydrogens is 190 g/mol. The molecule has 1 aromatic carbocycles. The van der Waals surface area contributed by atoms with Gasteiger partial charge in [-0.2, -0.15) is 5.26 Å². The lowest BCUT2D eigenvalue weighted by Gasteiger charge is -2.08. The predicted octanol–water partition coefficient (Wildman–Crippen LogP) is 2.06. The van der Waals surface area contributed by atoms with E-state index in [0.717, 1.165) is 17.5 Å². The van der Waals surface area contributed by atoms with Gasteiger partial charge in [0, 0.05) is 0 Å². The van der Waals surface area contributed by atoms with Gasteiger partial charge in [-0.15, -0.1) is 0 Å². The highest BCUT2D eigenvalue weighted by Gasteiger charge is 2.10. The predicted molar refractivity (Wildman–Crippen MR) is 56.6 cm³/mol. The lowest BCUT2D eigenvalue weighted by Crippen LogP contribution is -2.05. The molecule has 0 amide bonds. The maximum Gasteiger partial charge on any atom is 0.307 e. The Morgan fingerprint density at radius 3 is 2.53 bits per heavy atom. The number of nitriles is 1. The summed E-state index contributed by atoms with van der Waals surface area (Å²) in [7, 11) is 0. The smallest absolute Gasteiger partial charge is 0.307 e. The van der Waals surface area contributed by atoms with Crippen LogP contribution in [0.5, 0.6) is 0 Å². The molecule has 0 spiro atoms. The third-order valence-electron chi connectivity index (χ3n) is 2.28. The topological polar surface area (TPSA) is 61.1 Å². The van der Waals surface area contributed by atoms with Crippen LogP contribution in [0.4, 0.5) is 0 Å². The number of rotatable bonds is 3. The molecular formula is C12H13NO2. The molecule has 1 N–H and O–H groups in total. The molecule has 0 bridgehead atoms. The first-order valence-corrected chi connectivity index (χ1v) is 4.82. The Balaban J connectivity index is 3.30. The minimum Gasteiger partial charge on any atom is -0.481 e. The van der Waals surface area contributed by atoms with E-state index in [1.54, 1.807) is 6.07 Å². The molecule has 1 aromatic rings. The van der Waals surface area contributed by atoms with Crippen molar-refractivity contribution in [2.24, 2.45) is 0 Å². The largest absolute Gasteiger partial charge is 0.481 e. The van der Waals surface area contributed by atoms with Gasteiger partial charge in [-0.3, -0.25) is 4.79 Å². The van der Waals surface area contributed by atoms with Crippen LogP contribution < -0.4 is 0 Å². The third-order valence-corrected chi connectivity index (χ3v) is 2.28. The molecule has 0 aliphatic rings. The average Bonchev–Trinajstić information content (AvgIpc) is 2.15. The van der Waals surface area contributed by atoms with E-state index in [2.05, 4.69) is 6.07 Å². The molecule has 15 heavy (non-hydrogen) atoms. The zero-order valence-corrected chi connectivity index (χ0v) is 8.87. The molecule has 0 atom stereocenters. The van der Waals surface area contributed by atoms with Crippen LogP contribution in [-0.2, 0) is 17.6 Å². The second-order valence-electron chi connectivity index (χ2n) is 3.49. The fraction of sp³-hybridized carbons (Fsp3) is 0.333. The van der Waals surface area contributed by atoms with Crippen molar-refractivity contribution in [3.63, 3.8) is 0 Å². The average molecular weight is 203 g/mol. The van der Waals surface area contributed by atoms with E-state index in [4.69, 9.17) is 10.4 Å². The summed E-state index contributed by atoms with van der Waals surface area (Å²) < 4.78 is 0. The molecule has 3 heteroatoms. The standard InChI is InChI=1S/C12H13NO2/c1-3-9-4-8(2)5-10(6-12(14)15)11(9)7-13/h4-5H,3,6H2,1-2H3,(H,14,15). The molecule has 0 unspecified atom stereocenters. The van der Waals surface area contributed by atoms with Crippen LogP contribution in [0.3, 0.4) is 0 Å². The Kier molecular flexibility index (Phi) is 3.46. The number of hydrogen-bond acceptors (Lipinski definition) is 2. The first-order chi connectivity index (χ1) is 7.08. The SMILES string of the molecule is CCc1cc(C)cc(CC(=O)O)c1C#N. The fourth-order valence-electron chi connectivity index (χ4n) is 1.67. The van der Waals surface area contributed by atoms with Gasteiger partial charge < -0.3 is 5.11 Å². The van der Waals surface area contributed by atoms with Crippen LogP contribution >= 0.6 is 0 Å². The lowest BCUT2D eigenvalue weighted by atomic mass is 9.95. The Hall–Kier alpha value is -1.82. The summed E-state index contributed by atoms with van der Waals surface area (Å²) in [6.07, 6.45) is 0.661. The first-order valence-electron chi connectivity index (χ1n) is 4.82. The van der Waals surface area contributed by atoms with E-state index in [9.17, 15) is 4.79 Å². The molecule has 0 aliphatic heterocycles. The van der Waals surface area contributed by atoms with E-state index >= 15 is 0 Å². The number of carboxylic acid groups (broad SMARTS) is 1. The molecule has 3 nitrogen and oxygen atoms in total. The molecule has 0 saturated carbocycles. The first kappa shape index (κ1) is 11.3. The van der Waals surface area contributed by atoms with Crippen molar-refractivity contribution in [2.45, 2.75) is 26.7 Å². The lowest BCUT2D eigenvalue weighted by molar-refractivity contribution is -0.136. The van der Waals surface area contributed by atoms with Gasteiger partial charge in [0.15, 0.2) is 0 Å². The number of aryl methyl sites for hydroxylation is 2. The Labute approximate surface area is 89.0 Å². The Morgan fingerprint density at radius 1 is 1.47 bits per heavy atom. The minimum absolute atomic E-state index is 0.0857. The number of benzene rings is 1. The van der Waals surface area contributed by atoms with Crippen molar-refractivity contribution in [2.75, 3.05) is 0 Å². The van der Waals surface area contributed by atoms with E-state index in [1.807, 2.05) is 19.9 Å². The van der Waals surface area contributed by atoms with Crippen LogP contribution in [0.2, 0.25) is 0 Å². The monoisotopic (exact) mass is 203 g/mol. The van der Waals surface area contributed by atoms with E-state index in [-0.39, 0.29) is 6.42 Å². The Bertz CT molecular complexity index is 430. The maximum atomic E-state index is 10.6. The summed E-state index contributed by atoms with van der Waals surface area (Å²) in [5.41, 5.74) is 3.06. The van der Waals surface area contributed by atoms with Gasteiger partial charge in [0.25, 0.3) is 0 Å². The number of carboxylic acids is 1. The number of hydrogen-bond donors (Lipinski definition) is 1. The van der Waals surface area contributed by atoms with Crippen LogP contribution in [0.1, 0.15) is 29.2 Å². The number of carbonyl (C=O) groups is 1. The summed E-state index contributed by atoms with van der Waals surface area (Å²) in [5.74, 6) is -0.904. The van der Waals surface area contributed by atoms with Crippen molar-refractivity contribution in [3.8, 4) is 6.07 Å². The molecule has 78 valence electrons. The van der Waals surface area contributed by atoms with Gasteiger partial charge in [0.05, 0.1) is 18.1 Å². The van der Waals surface area contributed by atoms with E-state index in [1.165, 1.54) is 0 Å². The van der Waals surface area contributed by atoms with Crippen molar-refractivity contribution < 1.29 is 9.90 Å².